The first-order valence-electron chi connectivity index (χ1n) is 5.96. The molecule has 1 unspecified atom stereocenters. The molecule has 2 N–H and O–H groups in total. The van der Waals surface area contributed by atoms with Gasteiger partial charge in [0.2, 0.25) is 0 Å². The largest absolute Gasteiger partial charge is 0.508 e. The van der Waals surface area contributed by atoms with Crippen LogP contribution in [-0.4, -0.2) is 22.8 Å². The molecule has 4 nitrogen and oxygen atoms in total. The first-order valence-corrected chi connectivity index (χ1v) is 6.34. The van der Waals surface area contributed by atoms with Gasteiger partial charge in [-0.3, -0.25) is 4.79 Å². The number of carboxylic acids is 1. The second kappa shape index (κ2) is 6.30. The maximum atomic E-state index is 11.3. The first-order chi connectivity index (χ1) is 9.56. The molecule has 0 spiro atoms. The number of hydrogen-bond donors (Lipinski definition) is 2. The first kappa shape index (κ1) is 14.2. The normalized spacial score (nSPS) is 11.8. The summed E-state index contributed by atoms with van der Waals surface area (Å²) in [4.78, 5) is 11.3. The third-order valence-corrected chi connectivity index (χ3v) is 3.02. The number of halogens is 1. The molecule has 0 saturated heterocycles. The summed E-state index contributed by atoms with van der Waals surface area (Å²) in [5.41, 5.74) is 0.486. The zero-order valence-electron chi connectivity index (χ0n) is 10.5. The van der Waals surface area contributed by atoms with E-state index >= 15 is 0 Å². The molecule has 104 valence electrons. The second-order valence-corrected chi connectivity index (χ2v) is 4.69. The van der Waals surface area contributed by atoms with E-state index in [9.17, 15) is 15.0 Å². The quantitative estimate of drug-likeness (QED) is 0.887. The van der Waals surface area contributed by atoms with Crippen molar-refractivity contribution in [3.8, 4) is 11.5 Å². The molecule has 0 aromatic heterocycles. The fourth-order valence-corrected chi connectivity index (χ4v) is 1.97. The molecule has 1 atom stereocenters. The molecule has 0 saturated carbocycles. The molecule has 0 aliphatic heterocycles. The van der Waals surface area contributed by atoms with Crippen LogP contribution in [-0.2, 0) is 4.79 Å². The minimum atomic E-state index is -1.02. The lowest BCUT2D eigenvalue weighted by atomic mass is 10.00. The van der Waals surface area contributed by atoms with Crippen LogP contribution in [0.2, 0.25) is 5.02 Å². The third-order valence-electron chi connectivity index (χ3n) is 2.78. The number of benzene rings is 2. The maximum Gasteiger partial charge on any atom is 0.314 e. The van der Waals surface area contributed by atoms with E-state index in [1.165, 1.54) is 12.1 Å². The van der Waals surface area contributed by atoms with Crippen LogP contribution < -0.4 is 4.74 Å². The molecule has 2 aromatic rings. The van der Waals surface area contributed by atoms with Crippen molar-refractivity contribution in [1.82, 2.24) is 0 Å². The van der Waals surface area contributed by atoms with Crippen molar-refractivity contribution in [3.05, 3.63) is 59.1 Å². The van der Waals surface area contributed by atoms with Crippen molar-refractivity contribution in [2.45, 2.75) is 5.92 Å². The molecular weight excluding hydrogens is 280 g/mol. The standard InChI is InChI=1S/C15H13ClO4/c16-11-4-2-6-13(8-11)20-9-14(15(18)19)10-3-1-5-12(17)7-10/h1-8,14,17H,9H2,(H,18,19). The van der Waals surface area contributed by atoms with Crippen molar-refractivity contribution in [3.63, 3.8) is 0 Å². The fraction of sp³-hybridized carbons (Fsp3) is 0.133. The summed E-state index contributed by atoms with van der Waals surface area (Å²) < 4.78 is 5.46. The molecule has 20 heavy (non-hydrogen) atoms. The highest BCUT2D eigenvalue weighted by atomic mass is 35.5. The van der Waals surface area contributed by atoms with Gasteiger partial charge in [0, 0.05) is 5.02 Å². The van der Waals surface area contributed by atoms with Gasteiger partial charge in [0.15, 0.2) is 0 Å². The monoisotopic (exact) mass is 292 g/mol. The highest BCUT2D eigenvalue weighted by Gasteiger charge is 2.21. The average molecular weight is 293 g/mol. The molecule has 0 radical (unpaired) electrons. The van der Waals surface area contributed by atoms with Gasteiger partial charge in [0.25, 0.3) is 0 Å². The predicted octanol–water partition coefficient (Wildman–Crippen LogP) is 3.29. The Bertz CT molecular complexity index is 612. The average Bonchev–Trinajstić information content (AvgIpc) is 2.38. The van der Waals surface area contributed by atoms with Crippen LogP contribution in [0, 0.1) is 0 Å². The van der Waals surface area contributed by atoms with E-state index in [0.717, 1.165) is 0 Å². The van der Waals surface area contributed by atoms with Crippen molar-refractivity contribution >= 4 is 17.6 Å². The lowest BCUT2D eigenvalue weighted by Crippen LogP contribution is -2.19. The summed E-state index contributed by atoms with van der Waals surface area (Å²) in [7, 11) is 0. The highest BCUT2D eigenvalue weighted by molar-refractivity contribution is 6.30. The zero-order chi connectivity index (χ0) is 14.5. The van der Waals surface area contributed by atoms with Crippen LogP contribution in [0.25, 0.3) is 0 Å². The molecule has 0 aliphatic rings. The summed E-state index contributed by atoms with van der Waals surface area (Å²) in [6, 6.07) is 12.9. The van der Waals surface area contributed by atoms with Crippen molar-refractivity contribution < 1.29 is 19.7 Å². The highest BCUT2D eigenvalue weighted by Crippen LogP contribution is 2.23. The van der Waals surface area contributed by atoms with Crippen LogP contribution in [0.1, 0.15) is 11.5 Å². The number of phenolic OH excluding ortho intramolecular Hbond substituents is 1. The molecule has 0 fully saturated rings. The number of carbonyl (C=O) groups is 1. The van der Waals surface area contributed by atoms with E-state index in [1.807, 2.05) is 0 Å². The number of aliphatic carboxylic acids is 1. The fourth-order valence-electron chi connectivity index (χ4n) is 1.79. The Kier molecular flexibility index (Phi) is 4.48. The van der Waals surface area contributed by atoms with Gasteiger partial charge in [-0.25, -0.2) is 0 Å². The summed E-state index contributed by atoms with van der Waals surface area (Å²) in [5, 5.41) is 19.2. The number of aromatic hydroxyl groups is 1. The van der Waals surface area contributed by atoms with Crippen molar-refractivity contribution in [2.24, 2.45) is 0 Å². The van der Waals surface area contributed by atoms with E-state index in [1.54, 1.807) is 36.4 Å². The van der Waals surface area contributed by atoms with Gasteiger partial charge in [0.1, 0.15) is 24.0 Å². The number of rotatable bonds is 5. The second-order valence-electron chi connectivity index (χ2n) is 4.25. The Morgan fingerprint density at radius 1 is 1.20 bits per heavy atom. The van der Waals surface area contributed by atoms with E-state index in [2.05, 4.69) is 0 Å². The molecule has 0 bridgehead atoms. The third kappa shape index (κ3) is 3.65. The van der Waals surface area contributed by atoms with Crippen molar-refractivity contribution in [2.75, 3.05) is 6.61 Å². The Labute approximate surface area is 121 Å². The lowest BCUT2D eigenvalue weighted by molar-refractivity contribution is -0.139. The molecule has 2 rings (SSSR count). The van der Waals surface area contributed by atoms with Crippen molar-refractivity contribution in [1.29, 1.82) is 0 Å². The van der Waals surface area contributed by atoms with Crippen LogP contribution in [0.15, 0.2) is 48.5 Å². The van der Waals surface area contributed by atoms with Gasteiger partial charge in [-0.15, -0.1) is 0 Å². The van der Waals surface area contributed by atoms with Crippen LogP contribution in [0.3, 0.4) is 0 Å². The topological polar surface area (TPSA) is 66.8 Å². The minimum Gasteiger partial charge on any atom is -0.508 e. The lowest BCUT2D eigenvalue weighted by Gasteiger charge is -2.14. The Hall–Kier alpha value is -2.20. The Balaban J connectivity index is 2.13. The minimum absolute atomic E-state index is 0.0245. The molecule has 0 amide bonds. The molecule has 5 heteroatoms. The van der Waals surface area contributed by atoms with Gasteiger partial charge in [0.05, 0.1) is 0 Å². The molecule has 0 aliphatic carbocycles. The molecular formula is C15H13ClO4. The number of ether oxygens (including phenoxy) is 1. The Morgan fingerprint density at radius 2 is 1.95 bits per heavy atom. The summed E-state index contributed by atoms with van der Waals surface area (Å²) in [5.74, 6) is -1.35. The summed E-state index contributed by atoms with van der Waals surface area (Å²) in [6.07, 6.45) is 0. The van der Waals surface area contributed by atoms with Gasteiger partial charge in [-0.2, -0.15) is 0 Å². The summed E-state index contributed by atoms with van der Waals surface area (Å²) >= 11 is 5.83. The number of hydrogen-bond acceptors (Lipinski definition) is 3. The van der Waals surface area contributed by atoms with Crippen LogP contribution >= 0.6 is 11.6 Å². The smallest absolute Gasteiger partial charge is 0.314 e. The SMILES string of the molecule is O=C(O)C(COc1cccc(Cl)c1)c1cccc(O)c1. The maximum absolute atomic E-state index is 11.3. The van der Waals surface area contributed by atoms with Crippen LogP contribution in [0.4, 0.5) is 0 Å². The molecule has 0 heterocycles. The number of phenols is 1. The van der Waals surface area contributed by atoms with E-state index in [0.29, 0.717) is 16.3 Å². The van der Waals surface area contributed by atoms with Gasteiger partial charge in [-0.1, -0.05) is 29.8 Å². The van der Waals surface area contributed by atoms with E-state index in [4.69, 9.17) is 16.3 Å². The van der Waals surface area contributed by atoms with Gasteiger partial charge >= 0.3 is 5.97 Å². The van der Waals surface area contributed by atoms with E-state index in [-0.39, 0.29) is 12.4 Å². The van der Waals surface area contributed by atoms with Crippen LogP contribution in [0.5, 0.6) is 11.5 Å². The predicted molar refractivity (Wildman–Crippen MR) is 75.4 cm³/mol. The summed E-state index contributed by atoms with van der Waals surface area (Å²) in [6.45, 7) is -0.0425. The van der Waals surface area contributed by atoms with Gasteiger partial charge < -0.3 is 14.9 Å². The zero-order valence-corrected chi connectivity index (χ0v) is 11.2. The Morgan fingerprint density at radius 3 is 2.60 bits per heavy atom. The van der Waals surface area contributed by atoms with Gasteiger partial charge in [-0.05, 0) is 35.9 Å². The van der Waals surface area contributed by atoms with E-state index < -0.39 is 11.9 Å². The number of carboxylic acid groups (broad SMARTS) is 1. The molecule has 2 aromatic carbocycles.